The molecule has 3 aromatic heterocycles. The van der Waals surface area contributed by atoms with Gasteiger partial charge in [0.05, 0.1) is 33.4 Å². The summed E-state index contributed by atoms with van der Waals surface area (Å²) in [5.41, 5.74) is 2.68. The van der Waals surface area contributed by atoms with Gasteiger partial charge < -0.3 is 4.98 Å². The van der Waals surface area contributed by atoms with Gasteiger partial charge in [-0.3, -0.25) is 9.89 Å². The van der Waals surface area contributed by atoms with Crippen LogP contribution in [0.5, 0.6) is 0 Å². The molecule has 7 nitrogen and oxygen atoms in total. The molecule has 2 N–H and O–H groups in total. The van der Waals surface area contributed by atoms with E-state index in [1.54, 1.807) is 36.4 Å². The number of nitrogens with one attached hydrogen (secondary N) is 2. The summed E-state index contributed by atoms with van der Waals surface area (Å²) in [6, 6.07) is 13.4. The predicted octanol–water partition coefficient (Wildman–Crippen LogP) is 4.19. The highest BCUT2D eigenvalue weighted by Crippen LogP contribution is 2.35. The fourth-order valence-electron chi connectivity index (χ4n) is 3.30. The van der Waals surface area contributed by atoms with E-state index in [-0.39, 0.29) is 26.9 Å². The molecule has 0 aliphatic rings. The van der Waals surface area contributed by atoms with Crippen LogP contribution in [-0.4, -0.2) is 25.1 Å². The van der Waals surface area contributed by atoms with Crippen molar-refractivity contribution >= 4 is 33.7 Å². The highest BCUT2D eigenvalue weighted by atomic mass is 35.5. The van der Waals surface area contributed by atoms with Gasteiger partial charge in [-0.25, -0.2) is 9.97 Å². The third-order valence-electron chi connectivity index (χ3n) is 4.69. The first kappa shape index (κ1) is 18.0. The van der Waals surface area contributed by atoms with E-state index in [9.17, 15) is 14.4 Å². The zero-order valence-electron chi connectivity index (χ0n) is 15.1. The van der Waals surface area contributed by atoms with Gasteiger partial charge in [-0.1, -0.05) is 23.7 Å². The Kier molecular flexibility index (Phi) is 4.05. The first-order valence-electron chi connectivity index (χ1n) is 8.78. The van der Waals surface area contributed by atoms with Crippen molar-refractivity contribution in [3.8, 4) is 28.6 Å². The van der Waals surface area contributed by atoms with Gasteiger partial charge in [-0.05, 0) is 24.3 Å². The van der Waals surface area contributed by atoms with Gasteiger partial charge in [0.2, 0.25) is 11.4 Å². The molecule has 0 unspecified atom stereocenters. The molecule has 0 saturated heterocycles. The number of aromatic nitrogens is 5. The second kappa shape index (κ2) is 6.76. The Labute approximate surface area is 172 Å². The molecule has 0 aliphatic heterocycles. The Morgan fingerprint density at radius 3 is 2.70 bits per heavy atom. The number of hydrogen-bond donors (Lipinski definition) is 2. The van der Waals surface area contributed by atoms with E-state index >= 15 is 0 Å². The predicted molar refractivity (Wildman–Crippen MR) is 110 cm³/mol. The molecule has 5 rings (SSSR count). The third kappa shape index (κ3) is 2.80. The van der Waals surface area contributed by atoms with Gasteiger partial charge >= 0.3 is 0 Å². The maximum atomic E-state index is 14.2. The van der Waals surface area contributed by atoms with Gasteiger partial charge in [0.1, 0.15) is 5.52 Å². The summed E-state index contributed by atoms with van der Waals surface area (Å²) in [7, 11) is 0. The Balaban J connectivity index is 1.88. The SMILES string of the molecule is N#Cc1cccc(-c2nc3[nH]ccc(=O)c3nc2-c2cc(Cl)c3n[nH]c(F)c3c2)c1. The molecule has 144 valence electrons. The second-order valence-corrected chi connectivity index (χ2v) is 6.95. The molecule has 0 bridgehead atoms. The summed E-state index contributed by atoms with van der Waals surface area (Å²) in [6.45, 7) is 0. The number of benzene rings is 2. The summed E-state index contributed by atoms with van der Waals surface area (Å²) in [4.78, 5) is 24.4. The Bertz CT molecular complexity index is 1570. The Hall–Kier alpha value is -4.09. The van der Waals surface area contributed by atoms with Gasteiger partial charge in [-0.2, -0.15) is 14.8 Å². The lowest BCUT2D eigenvalue weighted by atomic mass is 10.0. The monoisotopic (exact) mass is 416 g/mol. The number of nitrogens with zero attached hydrogens (tertiary/aromatic N) is 4. The van der Waals surface area contributed by atoms with Crippen LogP contribution in [0.4, 0.5) is 4.39 Å². The molecule has 0 atom stereocenters. The Morgan fingerprint density at radius 2 is 1.87 bits per heavy atom. The molecular formula is C21H10ClFN6O. The topological polar surface area (TPSA) is 111 Å². The van der Waals surface area contributed by atoms with E-state index < -0.39 is 5.95 Å². The van der Waals surface area contributed by atoms with Crippen molar-refractivity contribution in [1.82, 2.24) is 25.1 Å². The number of fused-ring (bicyclic) bond motifs is 2. The van der Waals surface area contributed by atoms with Crippen LogP contribution in [0, 0.1) is 17.3 Å². The zero-order valence-corrected chi connectivity index (χ0v) is 15.8. The average Bonchev–Trinajstić information content (AvgIpc) is 3.14. The molecule has 0 amide bonds. The lowest BCUT2D eigenvalue weighted by Crippen LogP contribution is -2.06. The molecule has 3 heterocycles. The van der Waals surface area contributed by atoms with Crippen molar-refractivity contribution in [2.24, 2.45) is 0 Å². The van der Waals surface area contributed by atoms with Gasteiger partial charge in [0, 0.05) is 23.4 Å². The van der Waals surface area contributed by atoms with E-state index in [2.05, 4.69) is 31.2 Å². The van der Waals surface area contributed by atoms with Crippen LogP contribution in [0.15, 0.2) is 53.5 Å². The number of nitriles is 1. The average molecular weight is 417 g/mol. The first-order chi connectivity index (χ1) is 14.5. The van der Waals surface area contributed by atoms with Crippen molar-refractivity contribution in [2.75, 3.05) is 0 Å². The van der Waals surface area contributed by atoms with E-state index in [4.69, 9.17) is 11.6 Å². The molecular weight excluding hydrogens is 407 g/mol. The second-order valence-electron chi connectivity index (χ2n) is 6.54. The summed E-state index contributed by atoms with van der Waals surface area (Å²) >= 11 is 6.31. The minimum Gasteiger partial charge on any atom is -0.345 e. The van der Waals surface area contributed by atoms with Gasteiger partial charge in [0.15, 0.2) is 11.2 Å². The summed E-state index contributed by atoms with van der Waals surface area (Å²) in [6.07, 6.45) is 1.48. The highest BCUT2D eigenvalue weighted by molar-refractivity contribution is 6.35. The van der Waals surface area contributed by atoms with Gasteiger partial charge in [0.25, 0.3) is 0 Å². The lowest BCUT2D eigenvalue weighted by molar-refractivity contribution is 0.588. The van der Waals surface area contributed by atoms with E-state index in [0.717, 1.165) is 0 Å². The minimum absolute atomic E-state index is 0.136. The molecule has 0 fully saturated rings. The Morgan fingerprint density at radius 1 is 1.03 bits per heavy atom. The molecule has 0 saturated carbocycles. The number of H-pyrrole nitrogens is 2. The molecule has 0 radical (unpaired) electrons. The van der Waals surface area contributed by atoms with Crippen molar-refractivity contribution in [1.29, 1.82) is 5.26 Å². The fourth-order valence-corrected chi connectivity index (χ4v) is 3.57. The number of hydrogen-bond acceptors (Lipinski definition) is 5. The normalized spacial score (nSPS) is 11.1. The van der Waals surface area contributed by atoms with Crippen LogP contribution in [0.25, 0.3) is 44.6 Å². The summed E-state index contributed by atoms with van der Waals surface area (Å²) in [5, 5.41) is 15.8. The molecule has 5 aromatic rings. The third-order valence-corrected chi connectivity index (χ3v) is 4.98. The van der Waals surface area contributed by atoms with E-state index in [0.29, 0.717) is 33.7 Å². The van der Waals surface area contributed by atoms with Crippen LogP contribution in [0.1, 0.15) is 5.56 Å². The van der Waals surface area contributed by atoms with Crippen LogP contribution in [0.3, 0.4) is 0 Å². The number of halogens is 2. The van der Waals surface area contributed by atoms with Crippen molar-refractivity contribution in [3.63, 3.8) is 0 Å². The van der Waals surface area contributed by atoms with E-state index in [1.165, 1.54) is 12.3 Å². The van der Waals surface area contributed by atoms with Crippen molar-refractivity contribution in [3.05, 3.63) is 75.4 Å². The van der Waals surface area contributed by atoms with Gasteiger partial charge in [-0.15, -0.1) is 0 Å². The highest BCUT2D eigenvalue weighted by Gasteiger charge is 2.18. The van der Waals surface area contributed by atoms with Crippen molar-refractivity contribution < 1.29 is 4.39 Å². The minimum atomic E-state index is -0.631. The molecule has 0 aliphatic carbocycles. The quantitative estimate of drug-likeness (QED) is 0.448. The first-order valence-corrected chi connectivity index (χ1v) is 9.16. The maximum absolute atomic E-state index is 14.2. The maximum Gasteiger partial charge on any atom is 0.216 e. The van der Waals surface area contributed by atoms with E-state index in [1.807, 2.05) is 0 Å². The van der Waals surface area contributed by atoms with Crippen LogP contribution < -0.4 is 5.43 Å². The van der Waals surface area contributed by atoms with Crippen LogP contribution in [-0.2, 0) is 0 Å². The molecule has 9 heteroatoms. The fraction of sp³-hybridized carbons (Fsp3) is 0. The smallest absolute Gasteiger partial charge is 0.216 e. The number of rotatable bonds is 2. The standard InChI is InChI=1S/C21H10ClFN6O/c22-14-8-12(7-13-18(14)28-29-20(13)23)17-16(11-3-1-2-10(6-11)9-24)27-21-19(26-17)15(30)4-5-25-21/h1-8H,(H,28,29)(H,25,27,30). The lowest BCUT2D eigenvalue weighted by Gasteiger charge is -2.11. The molecule has 2 aromatic carbocycles. The largest absolute Gasteiger partial charge is 0.345 e. The zero-order chi connectivity index (χ0) is 20.8. The van der Waals surface area contributed by atoms with Crippen LogP contribution in [0.2, 0.25) is 5.02 Å². The molecule has 0 spiro atoms. The summed E-state index contributed by atoms with van der Waals surface area (Å²) in [5.74, 6) is -0.631. The molecule has 30 heavy (non-hydrogen) atoms. The summed E-state index contributed by atoms with van der Waals surface area (Å²) < 4.78 is 14.2. The van der Waals surface area contributed by atoms with Crippen LogP contribution >= 0.6 is 11.6 Å². The number of aromatic amines is 2. The number of pyridine rings is 1. The van der Waals surface area contributed by atoms with Crippen molar-refractivity contribution in [2.45, 2.75) is 0 Å².